The Labute approximate surface area is 205 Å². The van der Waals surface area contributed by atoms with E-state index in [0.717, 1.165) is 20.9 Å². The SMILES string of the molecule is COc1ccc(CCN(Cc2ccc(C#CC(=O)O)cc2)c2nc3cc(Cl)ccc3s2)c(F)c1. The van der Waals surface area contributed by atoms with Crippen molar-refractivity contribution >= 4 is 44.3 Å². The van der Waals surface area contributed by atoms with Gasteiger partial charge in [0.05, 0.1) is 17.3 Å². The van der Waals surface area contributed by atoms with Crippen molar-refractivity contribution in [2.24, 2.45) is 0 Å². The van der Waals surface area contributed by atoms with Crippen molar-refractivity contribution in [3.05, 3.63) is 88.2 Å². The van der Waals surface area contributed by atoms with Gasteiger partial charge in [-0.3, -0.25) is 0 Å². The summed E-state index contributed by atoms with van der Waals surface area (Å²) in [6.45, 7) is 1.08. The number of anilines is 1. The lowest BCUT2D eigenvalue weighted by molar-refractivity contribution is -0.130. The molecule has 4 rings (SSSR count). The molecule has 0 aliphatic rings. The zero-order valence-corrected chi connectivity index (χ0v) is 19.8. The summed E-state index contributed by atoms with van der Waals surface area (Å²) in [6.07, 6.45) is 0.481. The molecule has 0 saturated carbocycles. The maximum atomic E-state index is 14.5. The molecule has 1 aromatic heterocycles. The number of hydrogen-bond acceptors (Lipinski definition) is 5. The number of halogens is 2. The van der Waals surface area contributed by atoms with Gasteiger partial charge in [0, 0.05) is 35.7 Å². The zero-order chi connectivity index (χ0) is 24.1. The molecule has 34 heavy (non-hydrogen) atoms. The first-order chi connectivity index (χ1) is 16.4. The Balaban J connectivity index is 1.59. The number of aliphatic carboxylic acids is 1. The minimum atomic E-state index is -1.17. The maximum Gasteiger partial charge on any atom is 0.382 e. The number of hydrogen-bond donors (Lipinski definition) is 1. The second-order valence-electron chi connectivity index (χ2n) is 7.49. The van der Waals surface area contributed by atoms with Gasteiger partial charge in [0.25, 0.3) is 0 Å². The summed E-state index contributed by atoms with van der Waals surface area (Å²) in [5.41, 5.74) is 3.02. The summed E-state index contributed by atoms with van der Waals surface area (Å²) in [5, 5.41) is 10.2. The van der Waals surface area contributed by atoms with Gasteiger partial charge >= 0.3 is 5.97 Å². The van der Waals surface area contributed by atoms with Crippen LogP contribution in [0.1, 0.15) is 16.7 Å². The van der Waals surface area contributed by atoms with Crippen molar-refractivity contribution in [1.29, 1.82) is 0 Å². The first-order valence-electron chi connectivity index (χ1n) is 10.4. The molecule has 5 nitrogen and oxygen atoms in total. The van der Waals surface area contributed by atoms with E-state index < -0.39 is 5.97 Å². The van der Waals surface area contributed by atoms with Crippen molar-refractivity contribution in [3.8, 4) is 17.6 Å². The molecule has 0 bridgehead atoms. The van der Waals surface area contributed by atoms with Crippen molar-refractivity contribution in [3.63, 3.8) is 0 Å². The molecule has 1 heterocycles. The number of rotatable bonds is 7. The number of carbonyl (C=O) groups is 1. The van der Waals surface area contributed by atoms with E-state index in [9.17, 15) is 9.18 Å². The summed E-state index contributed by atoms with van der Waals surface area (Å²) in [7, 11) is 1.51. The minimum Gasteiger partial charge on any atom is -0.497 e. The minimum absolute atomic E-state index is 0.309. The maximum absolute atomic E-state index is 14.5. The van der Waals surface area contributed by atoms with Gasteiger partial charge in [0.1, 0.15) is 11.6 Å². The molecule has 0 aliphatic carbocycles. The average Bonchev–Trinajstić information content (AvgIpc) is 3.24. The van der Waals surface area contributed by atoms with Crippen LogP contribution in [0.15, 0.2) is 60.7 Å². The topological polar surface area (TPSA) is 62.7 Å². The van der Waals surface area contributed by atoms with E-state index in [4.69, 9.17) is 26.4 Å². The lowest BCUT2D eigenvalue weighted by atomic mass is 10.1. The quantitative estimate of drug-likeness (QED) is 0.330. The Bertz CT molecular complexity index is 1390. The fourth-order valence-corrected chi connectivity index (χ4v) is 4.56. The Hall–Kier alpha value is -3.60. The lowest BCUT2D eigenvalue weighted by Gasteiger charge is -2.22. The number of fused-ring (bicyclic) bond motifs is 1. The van der Waals surface area contributed by atoms with E-state index in [2.05, 4.69) is 16.7 Å². The van der Waals surface area contributed by atoms with Gasteiger partial charge in [0.15, 0.2) is 5.13 Å². The van der Waals surface area contributed by atoms with Crippen molar-refractivity contribution < 1.29 is 19.0 Å². The van der Waals surface area contributed by atoms with E-state index in [0.29, 0.717) is 41.4 Å². The highest BCUT2D eigenvalue weighted by Crippen LogP contribution is 2.31. The Morgan fingerprint density at radius 3 is 2.68 bits per heavy atom. The van der Waals surface area contributed by atoms with Crippen LogP contribution in [0.25, 0.3) is 10.2 Å². The number of ether oxygens (including phenoxy) is 1. The summed E-state index contributed by atoms with van der Waals surface area (Å²) >= 11 is 7.68. The molecule has 0 unspecified atom stereocenters. The molecule has 0 spiro atoms. The van der Waals surface area contributed by atoms with Crippen LogP contribution in [0, 0.1) is 17.7 Å². The van der Waals surface area contributed by atoms with Gasteiger partial charge in [-0.05, 0) is 53.9 Å². The fraction of sp³-hybridized carbons (Fsp3) is 0.154. The second kappa shape index (κ2) is 10.6. The molecule has 0 amide bonds. The molecule has 0 fully saturated rings. The van der Waals surface area contributed by atoms with E-state index in [1.807, 2.05) is 30.3 Å². The number of thiazole rings is 1. The van der Waals surface area contributed by atoms with Gasteiger partial charge in [-0.2, -0.15) is 0 Å². The standard InChI is InChI=1S/C26H20ClFN2O3S/c1-33-21-9-7-19(22(28)15-21)12-13-30(26-29-23-14-20(27)8-10-24(23)34-26)16-18-4-2-17(3-5-18)6-11-25(31)32/h2-5,7-10,14-15H,12-13,16H2,1H3,(H,31,32). The van der Waals surface area contributed by atoms with Crippen LogP contribution >= 0.6 is 22.9 Å². The third-order valence-electron chi connectivity index (χ3n) is 5.16. The van der Waals surface area contributed by atoms with E-state index in [-0.39, 0.29) is 5.82 Å². The van der Waals surface area contributed by atoms with Crippen LogP contribution in [0.2, 0.25) is 5.02 Å². The molecular formula is C26H20ClFN2O3S. The first kappa shape index (κ1) is 23.6. The van der Waals surface area contributed by atoms with Crippen molar-refractivity contribution in [2.45, 2.75) is 13.0 Å². The van der Waals surface area contributed by atoms with Crippen LogP contribution < -0.4 is 9.64 Å². The molecule has 0 aliphatic heterocycles. The highest BCUT2D eigenvalue weighted by Gasteiger charge is 2.15. The van der Waals surface area contributed by atoms with E-state index in [1.165, 1.54) is 13.2 Å². The Morgan fingerprint density at radius 2 is 1.97 bits per heavy atom. The number of nitrogens with zero attached hydrogens (tertiary/aromatic N) is 2. The largest absolute Gasteiger partial charge is 0.497 e. The number of methoxy groups -OCH3 is 1. The number of benzene rings is 3. The third-order valence-corrected chi connectivity index (χ3v) is 6.49. The summed E-state index contributed by atoms with van der Waals surface area (Å²) < 4.78 is 20.6. The molecule has 3 aromatic carbocycles. The van der Waals surface area contributed by atoms with Gasteiger partial charge in [-0.1, -0.05) is 47.1 Å². The second-order valence-corrected chi connectivity index (χ2v) is 8.93. The molecule has 4 aromatic rings. The van der Waals surface area contributed by atoms with Gasteiger partial charge in [0.2, 0.25) is 0 Å². The average molecular weight is 495 g/mol. The monoisotopic (exact) mass is 494 g/mol. The normalized spacial score (nSPS) is 10.6. The van der Waals surface area contributed by atoms with Crippen LogP contribution in [0.4, 0.5) is 9.52 Å². The van der Waals surface area contributed by atoms with Crippen LogP contribution in [0.5, 0.6) is 5.75 Å². The molecular weight excluding hydrogens is 475 g/mol. The summed E-state index contributed by atoms with van der Waals surface area (Å²) in [6, 6.07) is 17.8. The van der Waals surface area contributed by atoms with Crippen LogP contribution in [-0.4, -0.2) is 29.7 Å². The van der Waals surface area contributed by atoms with Crippen LogP contribution in [-0.2, 0) is 17.8 Å². The highest BCUT2D eigenvalue weighted by atomic mass is 35.5. The lowest BCUT2D eigenvalue weighted by Crippen LogP contribution is -2.25. The zero-order valence-electron chi connectivity index (χ0n) is 18.2. The molecule has 172 valence electrons. The number of aromatic nitrogens is 1. The number of carboxylic acid groups (broad SMARTS) is 1. The van der Waals surface area contributed by atoms with E-state index >= 15 is 0 Å². The molecule has 8 heteroatoms. The smallest absolute Gasteiger partial charge is 0.382 e. The first-order valence-corrected chi connectivity index (χ1v) is 11.6. The van der Waals surface area contributed by atoms with Gasteiger partial charge < -0.3 is 14.7 Å². The molecule has 0 atom stereocenters. The molecule has 0 saturated heterocycles. The molecule has 0 radical (unpaired) electrons. The summed E-state index contributed by atoms with van der Waals surface area (Å²) in [5.74, 6) is 3.72. The van der Waals surface area contributed by atoms with Gasteiger partial charge in [-0.15, -0.1) is 0 Å². The Morgan fingerprint density at radius 1 is 1.18 bits per heavy atom. The van der Waals surface area contributed by atoms with Crippen molar-refractivity contribution in [1.82, 2.24) is 4.98 Å². The Kier molecular flexibility index (Phi) is 7.31. The van der Waals surface area contributed by atoms with Crippen molar-refractivity contribution in [2.75, 3.05) is 18.6 Å². The number of carboxylic acids is 1. The van der Waals surface area contributed by atoms with Gasteiger partial charge in [-0.25, -0.2) is 14.2 Å². The third kappa shape index (κ3) is 5.84. The van der Waals surface area contributed by atoms with E-state index in [1.54, 1.807) is 35.6 Å². The van der Waals surface area contributed by atoms with Crippen LogP contribution in [0.3, 0.4) is 0 Å². The predicted octanol–water partition coefficient (Wildman–Crippen LogP) is 5.78. The highest BCUT2D eigenvalue weighted by molar-refractivity contribution is 7.22. The summed E-state index contributed by atoms with van der Waals surface area (Å²) in [4.78, 5) is 17.5. The molecule has 1 N–H and O–H groups in total. The fourth-order valence-electron chi connectivity index (χ4n) is 3.42. The predicted molar refractivity (Wildman–Crippen MR) is 133 cm³/mol.